The minimum atomic E-state index is 0.120. The van der Waals surface area contributed by atoms with E-state index >= 15 is 0 Å². The van der Waals surface area contributed by atoms with Crippen molar-refractivity contribution in [1.82, 2.24) is 0 Å². The number of rotatable bonds is 1. The van der Waals surface area contributed by atoms with E-state index in [2.05, 4.69) is 6.07 Å². The van der Waals surface area contributed by atoms with Crippen molar-refractivity contribution in [2.75, 3.05) is 6.61 Å². The van der Waals surface area contributed by atoms with Crippen LogP contribution in [0.3, 0.4) is 0 Å². The monoisotopic (exact) mass is 135 g/mol. The molecule has 0 amide bonds. The highest BCUT2D eigenvalue weighted by Crippen LogP contribution is 2.16. The van der Waals surface area contributed by atoms with Crippen molar-refractivity contribution >= 4 is 0 Å². The quantitative estimate of drug-likeness (QED) is 0.586. The Labute approximate surface area is 60.1 Å². The molecule has 2 heteroatoms. The maximum absolute atomic E-state index is 8.67. The molecule has 0 saturated carbocycles. The average Bonchev–Trinajstić information content (AvgIpc) is 2.05. The van der Waals surface area contributed by atoms with E-state index in [1.165, 1.54) is 0 Å². The number of nitriles is 1. The Kier molecular flexibility index (Phi) is 2.24. The summed E-state index contributed by atoms with van der Waals surface area (Å²) in [5.74, 6) is 0. The summed E-state index contributed by atoms with van der Waals surface area (Å²) in [6, 6.07) is 2.08. The van der Waals surface area contributed by atoms with Gasteiger partial charge in [0.2, 0.25) is 0 Å². The fourth-order valence-corrected chi connectivity index (χ4v) is 0.905. The van der Waals surface area contributed by atoms with Gasteiger partial charge in [0.05, 0.1) is 12.7 Å². The SMILES string of the molecule is N#CC1=CC=C(CO)CC1. The van der Waals surface area contributed by atoms with Gasteiger partial charge < -0.3 is 5.11 Å². The number of aliphatic hydroxyl groups excluding tert-OH is 1. The summed E-state index contributed by atoms with van der Waals surface area (Å²) in [6.45, 7) is 0.120. The van der Waals surface area contributed by atoms with Crippen LogP contribution >= 0.6 is 0 Å². The van der Waals surface area contributed by atoms with Gasteiger partial charge in [0.1, 0.15) is 0 Å². The maximum atomic E-state index is 8.67. The molecule has 0 heterocycles. The molecule has 0 saturated heterocycles. The van der Waals surface area contributed by atoms with Crippen LogP contribution in [0.1, 0.15) is 12.8 Å². The second-order valence-corrected chi connectivity index (χ2v) is 2.29. The largest absolute Gasteiger partial charge is 0.392 e. The predicted molar refractivity (Wildman–Crippen MR) is 38.1 cm³/mol. The first-order chi connectivity index (χ1) is 4.86. The molecule has 0 bridgehead atoms. The van der Waals surface area contributed by atoms with E-state index in [0.29, 0.717) is 0 Å². The van der Waals surface area contributed by atoms with Gasteiger partial charge in [0, 0.05) is 5.57 Å². The molecule has 0 atom stereocenters. The molecular formula is C8H9NO. The lowest BCUT2D eigenvalue weighted by Gasteiger charge is -2.06. The summed E-state index contributed by atoms with van der Waals surface area (Å²) in [6.07, 6.45) is 5.20. The van der Waals surface area contributed by atoms with Gasteiger partial charge in [-0.3, -0.25) is 0 Å². The lowest BCUT2D eigenvalue weighted by atomic mass is 10.00. The van der Waals surface area contributed by atoms with E-state index in [9.17, 15) is 0 Å². The zero-order chi connectivity index (χ0) is 7.40. The lowest BCUT2D eigenvalue weighted by molar-refractivity contribution is 0.326. The molecule has 0 fully saturated rings. The van der Waals surface area contributed by atoms with Crippen molar-refractivity contribution < 1.29 is 5.11 Å². The first-order valence-electron chi connectivity index (χ1n) is 3.26. The molecule has 1 N–H and O–H groups in total. The van der Waals surface area contributed by atoms with Crippen LogP contribution in [0.15, 0.2) is 23.3 Å². The summed E-state index contributed by atoms with van der Waals surface area (Å²) >= 11 is 0. The first-order valence-corrected chi connectivity index (χ1v) is 3.26. The second-order valence-electron chi connectivity index (χ2n) is 2.29. The Hall–Kier alpha value is -1.07. The molecule has 0 spiro atoms. The molecule has 0 unspecified atom stereocenters. The molecule has 0 aromatic carbocycles. The zero-order valence-corrected chi connectivity index (χ0v) is 5.67. The Morgan fingerprint density at radius 1 is 1.50 bits per heavy atom. The van der Waals surface area contributed by atoms with E-state index < -0.39 is 0 Å². The van der Waals surface area contributed by atoms with Crippen molar-refractivity contribution in [3.05, 3.63) is 23.3 Å². The van der Waals surface area contributed by atoms with E-state index in [0.717, 1.165) is 24.0 Å². The molecule has 2 nitrogen and oxygen atoms in total. The van der Waals surface area contributed by atoms with Gasteiger partial charge in [-0.2, -0.15) is 5.26 Å². The summed E-state index contributed by atoms with van der Waals surface area (Å²) in [4.78, 5) is 0. The number of hydrogen-bond acceptors (Lipinski definition) is 2. The number of allylic oxidation sites excluding steroid dienone is 3. The fraction of sp³-hybridized carbons (Fsp3) is 0.375. The van der Waals surface area contributed by atoms with Crippen molar-refractivity contribution in [3.63, 3.8) is 0 Å². The topological polar surface area (TPSA) is 44.0 Å². The Balaban J connectivity index is 2.67. The van der Waals surface area contributed by atoms with Gasteiger partial charge in [-0.1, -0.05) is 6.08 Å². The molecule has 0 aliphatic heterocycles. The van der Waals surface area contributed by atoms with Crippen LogP contribution in [0.2, 0.25) is 0 Å². The van der Waals surface area contributed by atoms with Crippen LogP contribution in [0.25, 0.3) is 0 Å². The van der Waals surface area contributed by atoms with Crippen molar-refractivity contribution in [1.29, 1.82) is 5.26 Å². The third-order valence-electron chi connectivity index (χ3n) is 1.58. The molecule has 1 rings (SSSR count). The highest BCUT2D eigenvalue weighted by molar-refractivity contribution is 5.32. The minimum Gasteiger partial charge on any atom is -0.392 e. The smallest absolute Gasteiger partial charge is 0.0947 e. The molecular weight excluding hydrogens is 126 g/mol. The zero-order valence-electron chi connectivity index (χ0n) is 5.67. The highest BCUT2D eigenvalue weighted by Gasteiger charge is 2.03. The van der Waals surface area contributed by atoms with Crippen LogP contribution < -0.4 is 0 Å². The third-order valence-corrected chi connectivity index (χ3v) is 1.58. The molecule has 1 aliphatic rings. The number of aliphatic hydroxyl groups is 1. The van der Waals surface area contributed by atoms with Gasteiger partial charge in [0.15, 0.2) is 0 Å². The summed E-state index contributed by atoms with van der Waals surface area (Å²) in [5.41, 5.74) is 1.82. The first kappa shape index (κ1) is 7.04. The van der Waals surface area contributed by atoms with Crippen LogP contribution in [0.4, 0.5) is 0 Å². The normalized spacial score (nSPS) is 17.2. The lowest BCUT2D eigenvalue weighted by Crippen LogP contribution is -1.95. The van der Waals surface area contributed by atoms with Gasteiger partial charge >= 0.3 is 0 Å². The second kappa shape index (κ2) is 3.19. The fourth-order valence-electron chi connectivity index (χ4n) is 0.905. The Bertz CT molecular complexity index is 220. The van der Waals surface area contributed by atoms with Crippen LogP contribution in [0, 0.1) is 11.3 Å². The number of hydrogen-bond donors (Lipinski definition) is 1. The summed E-state index contributed by atoms with van der Waals surface area (Å²) in [7, 11) is 0. The van der Waals surface area contributed by atoms with Gasteiger partial charge in [-0.25, -0.2) is 0 Å². The van der Waals surface area contributed by atoms with Crippen molar-refractivity contribution in [3.8, 4) is 6.07 Å². The summed E-state index contributed by atoms with van der Waals surface area (Å²) < 4.78 is 0. The van der Waals surface area contributed by atoms with Crippen molar-refractivity contribution in [2.45, 2.75) is 12.8 Å². The van der Waals surface area contributed by atoms with E-state index in [-0.39, 0.29) is 6.61 Å². The van der Waals surface area contributed by atoms with Crippen LogP contribution in [-0.4, -0.2) is 11.7 Å². The maximum Gasteiger partial charge on any atom is 0.0947 e. The molecule has 0 aromatic heterocycles. The average molecular weight is 135 g/mol. The Morgan fingerprint density at radius 3 is 2.70 bits per heavy atom. The Morgan fingerprint density at radius 2 is 2.30 bits per heavy atom. The number of nitrogens with zero attached hydrogens (tertiary/aromatic N) is 1. The minimum absolute atomic E-state index is 0.120. The van der Waals surface area contributed by atoms with E-state index in [1.807, 2.05) is 6.08 Å². The molecule has 1 aliphatic carbocycles. The van der Waals surface area contributed by atoms with Gasteiger partial charge in [-0.05, 0) is 24.5 Å². The van der Waals surface area contributed by atoms with Crippen LogP contribution in [-0.2, 0) is 0 Å². The van der Waals surface area contributed by atoms with E-state index in [4.69, 9.17) is 10.4 Å². The molecule has 0 aromatic rings. The van der Waals surface area contributed by atoms with Gasteiger partial charge in [0.25, 0.3) is 0 Å². The summed E-state index contributed by atoms with van der Waals surface area (Å²) in [5, 5.41) is 17.1. The van der Waals surface area contributed by atoms with Crippen LogP contribution in [0.5, 0.6) is 0 Å². The van der Waals surface area contributed by atoms with Gasteiger partial charge in [-0.15, -0.1) is 0 Å². The van der Waals surface area contributed by atoms with Crippen molar-refractivity contribution in [2.24, 2.45) is 0 Å². The standard InChI is InChI=1S/C8H9NO/c9-5-7-1-3-8(6-10)4-2-7/h1,3,10H,2,4,6H2. The molecule has 52 valence electrons. The highest BCUT2D eigenvalue weighted by atomic mass is 16.3. The van der Waals surface area contributed by atoms with E-state index in [1.54, 1.807) is 6.08 Å². The third kappa shape index (κ3) is 1.46. The molecule has 0 radical (unpaired) electrons. The predicted octanol–water partition coefficient (Wildman–Crippen LogP) is 1.15. The molecule has 10 heavy (non-hydrogen) atoms.